The van der Waals surface area contributed by atoms with Gasteiger partial charge in [0, 0.05) is 12.6 Å². The summed E-state index contributed by atoms with van der Waals surface area (Å²) in [5, 5.41) is 3.05. The highest BCUT2D eigenvalue weighted by Gasteiger charge is 2.10. The molecule has 0 saturated carbocycles. The fourth-order valence-electron chi connectivity index (χ4n) is 1.15. The second-order valence-corrected chi connectivity index (χ2v) is 5.75. The largest absolute Gasteiger partial charge is 0.468 e. The third kappa shape index (κ3) is 5.29. The summed E-state index contributed by atoms with van der Waals surface area (Å²) in [5.41, 5.74) is 0. The van der Waals surface area contributed by atoms with E-state index in [0.29, 0.717) is 18.3 Å². The second kappa shape index (κ2) is 6.03. The lowest BCUT2D eigenvalue weighted by Crippen LogP contribution is -2.34. The number of hydrogen-bond acceptors (Lipinski definition) is 4. The van der Waals surface area contributed by atoms with Crippen LogP contribution in [0.25, 0.3) is 0 Å². The normalized spacial score (nSPS) is 12.2. The summed E-state index contributed by atoms with van der Waals surface area (Å²) in [4.78, 5) is 0. The van der Waals surface area contributed by atoms with Crippen molar-refractivity contribution in [2.24, 2.45) is 0 Å². The number of rotatable bonds is 7. The highest BCUT2D eigenvalue weighted by atomic mass is 32.2. The van der Waals surface area contributed by atoms with E-state index in [0.717, 1.165) is 0 Å². The molecule has 1 rings (SSSR count). The van der Waals surface area contributed by atoms with Crippen molar-refractivity contribution in [3.05, 3.63) is 24.2 Å². The first kappa shape index (κ1) is 13.2. The third-order valence-electron chi connectivity index (χ3n) is 1.97. The van der Waals surface area contributed by atoms with Gasteiger partial charge in [-0.1, -0.05) is 13.8 Å². The van der Waals surface area contributed by atoms with Crippen molar-refractivity contribution in [3.8, 4) is 0 Å². The summed E-state index contributed by atoms with van der Waals surface area (Å²) in [6.45, 7) is 4.61. The lowest BCUT2D eigenvalue weighted by Gasteiger charge is -2.08. The molecule has 0 aromatic carbocycles. The predicted molar refractivity (Wildman–Crippen MR) is 62.5 cm³/mol. The monoisotopic (exact) mass is 246 g/mol. The van der Waals surface area contributed by atoms with Crippen LogP contribution >= 0.6 is 0 Å². The van der Waals surface area contributed by atoms with Crippen molar-refractivity contribution < 1.29 is 12.8 Å². The first-order valence-electron chi connectivity index (χ1n) is 5.23. The minimum absolute atomic E-state index is 0.0753. The van der Waals surface area contributed by atoms with E-state index in [9.17, 15) is 8.42 Å². The van der Waals surface area contributed by atoms with Crippen LogP contribution in [0.3, 0.4) is 0 Å². The summed E-state index contributed by atoms with van der Waals surface area (Å²) in [5.74, 6) is 0.687. The Labute approximate surface area is 96.3 Å². The van der Waals surface area contributed by atoms with Gasteiger partial charge >= 0.3 is 0 Å². The summed E-state index contributed by atoms with van der Waals surface area (Å²) in [7, 11) is -3.23. The maximum absolute atomic E-state index is 11.5. The summed E-state index contributed by atoms with van der Waals surface area (Å²) in [6, 6.07) is 3.75. The minimum atomic E-state index is -3.23. The SMILES string of the molecule is CC(C)NCCS(=O)(=O)NCc1ccco1. The molecule has 0 aliphatic heterocycles. The average Bonchev–Trinajstić information content (AvgIpc) is 2.66. The molecule has 0 aliphatic rings. The van der Waals surface area contributed by atoms with Gasteiger partial charge in [-0.05, 0) is 12.1 Å². The van der Waals surface area contributed by atoms with Crippen LogP contribution < -0.4 is 10.0 Å². The molecule has 1 aromatic rings. The van der Waals surface area contributed by atoms with Gasteiger partial charge in [-0.2, -0.15) is 0 Å². The van der Waals surface area contributed by atoms with Crippen molar-refractivity contribution in [3.63, 3.8) is 0 Å². The Morgan fingerprint density at radius 1 is 1.44 bits per heavy atom. The van der Waals surface area contributed by atoms with Crippen molar-refractivity contribution in [2.45, 2.75) is 26.4 Å². The summed E-state index contributed by atoms with van der Waals surface area (Å²) >= 11 is 0. The average molecular weight is 246 g/mol. The number of sulfonamides is 1. The highest BCUT2D eigenvalue weighted by molar-refractivity contribution is 7.89. The Hall–Kier alpha value is -0.850. The van der Waals surface area contributed by atoms with E-state index < -0.39 is 10.0 Å². The first-order valence-corrected chi connectivity index (χ1v) is 6.88. The lowest BCUT2D eigenvalue weighted by atomic mass is 10.4. The molecule has 0 atom stereocenters. The van der Waals surface area contributed by atoms with Gasteiger partial charge in [-0.25, -0.2) is 13.1 Å². The Morgan fingerprint density at radius 3 is 2.75 bits per heavy atom. The van der Waals surface area contributed by atoms with E-state index >= 15 is 0 Å². The maximum Gasteiger partial charge on any atom is 0.213 e. The Bertz CT molecular complexity index is 384. The van der Waals surface area contributed by atoms with Crippen molar-refractivity contribution in [1.82, 2.24) is 10.0 Å². The molecular formula is C10H18N2O3S. The van der Waals surface area contributed by atoms with Gasteiger partial charge in [0.15, 0.2) is 0 Å². The third-order valence-corrected chi connectivity index (χ3v) is 3.30. The van der Waals surface area contributed by atoms with Gasteiger partial charge < -0.3 is 9.73 Å². The van der Waals surface area contributed by atoms with E-state index in [4.69, 9.17) is 4.42 Å². The van der Waals surface area contributed by atoms with Crippen LogP contribution in [0.2, 0.25) is 0 Å². The molecule has 0 bridgehead atoms. The Balaban J connectivity index is 2.29. The second-order valence-electron chi connectivity index (χ2n) is 3.83. The first-order chi connectivity index (χ1) is 7.49. The highest BCUT2D eigenvalue weighted by Crippen LogP contribution is 1.99. The maximum atomic E-state index is 11.5. The molecule has 2 N–H and O–H groups in total. The number of furan rings is 1. The van der Waals surface area contributed by atoms with Crippen molar-refractivity contribution in [2.75, 3.05) is 12.3 Å². The van der Waals surface area contributed by atoms with Crippen LogP contribution in [-0.2, 0) is 16.6 Å². The van der Waals surface area contributed by atoms with Crippen LogP contribution in [0.5, 0.6) is 0 Å². The van der Waals surface area contributed by atoms with Gasteiger partial charge in [0.05, 0.1) is 18.6 Å². The molecule has 0 fully saturated rings. The quantitative estimate of drug-likeness (QED) is 0.743. The van der Waals surface area contributed by atoms with Crippen LogP contribution in [0.1, 0.15) is 19.6 Å². The molecular weight excluding hydrogens is 228 g/mol. The van der Waals surface area contributed by atoms with E-state index in [1.807, 2.05) is 13.8 Å². The lowest BCUT2D eigenvalue weighted by molar-refractivity contribution is 0.498. The zero-order valence-electron chi connectivity index (χ0n) is 9.56. The molecule has 0 saturated heterocycles. The van der Waals surface area contributed by atoms with Crippen molar-refractivity contribution >= 4 is 10.0 Å². The molecule has 0 spiro atoms. The van der Waals surface area contributed by atoms with Gasteiger partial charge in [-0.15, -0.1) is 0 Å². The van der Waals surface area contributed by atoms with E-state index in [2.05, 4.69) is 10.0 Å². The molecule has 1 heterocycles. The van der Waals surface area contributed by atoms with Crippen LogP contribution in [-0.4, -0.2) is 26.8 Å². The number of hydrogen-bond donors (Lipinski definition) is 2. The zero-order valence-corrected chi connectivity index (χ0v) is 10.4. The zero-order chi connectivity index (χ0) is 12.0. The van der Waals surface area contributed by atoms with Gasteiger partial charge in [0.2, 0.25) is 10.0 Å². The van der Waals surface area contributed by atoms with Crippen LogP contribution in [0.15, 0.2) is 22.8 Å². The molecule has 0 unspecified atom stereocenters. The van der Waals surface area contributed by atoms with Crippen LogP contribution in [0.4, 0.5) is 0 Å². The summed E-state index contributed by atoms with van der Waals surface area (Å²) < 4.78 is 30.5. The van der Waals surface area contributed by atoms with E-state index in [1.165, 1.54) is 6.26 Å². The molecule has 16 heavy (non-hydrogen) atoms. The van der Waals surface area contributed by atoms with Gasteiger partial charge in [0.25, 0.3) is 0 Å². The smallest absolute Gasteiger partial charge is 0.213 e. The molecule has 5 nitrogen and oxygen atoms in total. The molecule has 6 heteroatoms. The standard InChI is InChI=1S/C10H18N2O3S/c1-9(2)11-5-7-16(13,14)12-8-10-4-3-6-15-10/h3-4,6,9,11-12H,5,7-8H2,1-2H3. The van der Waals surface area contributed by atoms with Gasteiger partial charge in [-0.3, -0.25) is 0 Å². The van der Waals surface area contributed by atoms with Crippen molar-refractivity contribution in [1.29, 1.82) is 0 Å². The Morgan fingerprint density at radius 2 is 2.19 bits per heavy atom. The van der Waals surface area contributed by atoms with E-state index in [-0.39, 0.29) is 12.3 Å². The molecule has 0 amide bonds. The minimum Gasteiger partial charge on any atom is -0.468 e. The molecule has 1 aromatic heterocycles. The molecule has 0 aliphatic carbocycles. The fraction of sp³-hybridized carbons (Fsp3) is 0.600. The van der Waals surface area contributed by atoms with E-state index in [1.54, 1.807) is 12.1 Å². The molecule has 92 valence electrons. The topological polar surface area (TPSA) is 71.3 Å². The Kier molecular flexibility index (Phi) is 4.98. The fourth-order valence-corrected chi connectivity index (χ4v) is 2.04. The molecule has 0 radical (unpaired) electrons. The number of nitrogens with one attached hydrogen (secondary N) is 2. The van der Waals surface area contributed by atoms with Gasteiger partial charge in [0.1, 0.15) is 5.76 Å². The predicted octanol–water partition coefficient (Wildman–Crippen LogP) is 0.697. The summed E-state index contributed by atoms with van der Waals surface area (Å²) in [6.07, 6.45) is 1.52. The van der Waals surface area contributed by atoms with Crippen LogP contribution in [0, 0.1) is 0 Å².